The molecule has 0 spiro atoms. The highest BCUT2D eigenvalue weighted by Crippen LogP contribution is 2.45. The van der Waals surface area contributed by atoms with Crippen molar-refractivity contribution in [1.82, 2.24) is 4.90 Å². The van der Waals surface area contributed by atoms with Crippen molar-refractivity contribution in [3.63, 3.8) is 0 Å². The molecule has 0 N–H and O–H groups in total. The molecule has 2 aliphatic carbocycles. The van der Waals surface area contributed by atoms with E-state index in [4.69, 9.17) is 32.9 Å². The number of β-lactam (4-membered cyclic amide) rings is 1. The third-order valence-corrected chi connectivity index (χ3v) is 8.01. The maximum Gasteiger partial charge on any atom is 0.273 e. The summed E-state index contributed by atoms with van der Waals surface area (Å²) >= 11 is 12.3. The van der Waals surface area contributed by atoms with Crippen molar-refractivity contribution < 1.29 is 9.53 Å². The first-order valence-corrected chi connectivity index (χ1v) is 13.4. The van der Waals surface area contributed by atoms with E-state index in [1.165, 1.54) is 25.7 Å². The Kier molecular flexibility index (Phi) is 7.29. The number of hydrogen-bond donors (Lipinski definition) is 0. The lowest BCUT2D eigenvalue weighted by atomic mass is 9.79. The van der Waals surface area contributed by atoms with Crippen molar-refractivity contribution in [2.24, 2.45) is 4.99 Å². The highest BCUT2D eigenvalue weighted by atomic mass is 35.5. The highest BCUT2D eigenvalue weighted by Gasteiger charge is 2.63. The van der Waals surface area contributed by atoms with Crippen LogP contribution in [-0.4, -0.2) is 28.7 Å². The SMILES string of the molecule is O=C1N(C2CCCCC2)C(=NC2CCCCC2)C1(OCc1ccc(Cl)cc1)c1ccc(Cl)cc1. The van der Waals surface area contributed by atoms with Crippen LogP contribution in [0.1, 0.15) is 75.3 Å². The zero-order valence-electron chi connectivity index (χ0n) is 19.5. The Morgan fingerprint density at radius 3 is 2.00 bits per heavy atom. The summed E-state index contributed by atoms with van der Waals surface area (Å²) in [5, 5.41) is 1.32. The Morgan fingerprint density at radius 1 is 0.824 bits per heavy atom. The molecule has 2 aromatic carbocycles. The van der Waals surface area contributed by atoms with Crippen molar-refractivity contribution in [2.75, 3.05) is 0 Å². The lowest BCUT2D eigenvalue weighted by molar-refractivity contribution is -0.164. The van der Waals surface area contributed by atoms with Crippen LogP contribution < -0.4 is 0 Å². The predicted molar refractivity (Wildman–Crippen MR) is 137 cm³/mol. The number of benzene rings is 2. The summed E-state index contributed by atoms with van der Waals surface area (Å²) in [7, 11) is 0. The standard InChI is InChI=1S/C28H32Cl2N2O2/c29-22-15-11-20(12-16-22)19-34-28(21-13-17-23(30)18-14-21)26(31-24-7-3-1-4-8-24)32(27(28)33)25-9-5-2-6-10-25/h11-18,24-25H,1-10,19H2. The molecule has 0 bridgehead atoms. The zero-order valence-corrected chi connectivity index (χ0v) is 21.0. The molecule has 180 valence electrons. The highest BCUT2D eigenvalue weighted by molar-refractivity contribution is 6.31. The molecule has 1 saturated heterocycles. The van der Waals surface area contributed by atoms with Crippen LogP contribution in [0.3, 0.4) is 0 Å². The summed E-state index contributed by atoms with van der Waals surface area (Å²) in [5.41, 5.74) is 0.579. The van der Waals surface area contributed by atoms with E-state index >= 15 is 0 Å². The molecule has 1 heterocycles. The largest absolute Gasteiger partial charge is 0.349 e. The van der Waals surface area contributed by atoms with E-state index in [1.807, 2.05) is 53.4 Å². The molecular formula is C28H32Cl2N2O2. The van der Waals surface area contributed by atoms with E-state index in [0.717, 1.165) is 55.5 Å². The first-order chi connectivity index (χ1) is 16.6. The molecule has 3 aliphatic rings. The fourth-order valence-corrected chi connectivity index (χ4v) is 5.86. The van der Waals surface area contributed by atoms with Crippen molar-refractivity contribution in [3.8, 4) is 0 Å². The lowest BCUT2D eigenvalue weighted by Gasteiger charge is -2.53. The van der Waals surface area contributed by atoms with E-state index in [2.05, 4.69) is 0 Å². The minimum atomic E-state index is -1.20. The first kappa shape index (κ1) is 23.8. The number of amidine groups is 1. The van der Waals surface area contributed by atoms with Crippen LogP contribution in [0.2, 0.25) is 10.0 Å². The second-order valence-electron chi connectivity index (χ2n) is 9.81. The maximum absolute atomic E-state index is 14.1. The lowest BCUT2D eigenvalue weighted by Crippen LogP contribution is -2.72. The average molecular weight is 499 g/mol. The van der Waals surface area contributed by atoms with Crippen LogP contribution in [0.15, 0.2) is 53.5 Å². The van der Waals surface area contributed by atoms with E-state index < -0.39 is 5.60 Å². The van der Waals surface area contributed by atoms with Gasteiger partial charge in [0, 0.05) is 21.7 Å². The summed E-state index contributed by atoms with van der Waals surface area (Å²) in [6.45, 7) is 0.299. The van der Waals surface area contributed by atoms with E-state index in [1.54, 1.807) is 0 Å². The van der Waals surface area contributed by atoms with Gasteiger partial charge in [0.2, 0.25) is 5.60 Å². The van der Waals surface area contributed by atoms with Gasteiger partial charge >= 0.3 is 0 Å². The number of aliphatic imine (C=N–C) groups is 1. The van der Waals surface area contributed by atoms with Gasteiger partial charge in [0.05, 0.1) is 12.6 Å². The van der Waals surface area contributed by atoms with Crippen LogP contribution in [0.4, 0.5) is 0 Å². The molecule has 6 heteroatoms. The molecule has 4 nitrogen and oxygen atoms in total. The minimum absolute atomic E-state index is 0.00486. The molecule has 1 unspecified atom stereocenters. The number of halogens is 2. The molecule has 0 radical (unpaired) electrons. The molecule has 0 aromatic heterocycles. The van der Waals surface area contributed by atoms with Crippen LogP contribution in [-0.2, 0) is 21.7 Å². The normalized spacial score (nSPS) is 25.5. The Bertz CT molecular complexity index is 1030. The van der Waals surface area contributed by atoms with Gasteiger partial charge < -0.3 is 4.74 Å². The molecule has 1 atom stereocenters. The Labute approximate surface area is 212 Å². The summed E-state index contributed by atoms with van der Waals surface area (Å²) in [5.74, 6) is 0.804. The smallest absolute Gasteiger partial charge is 0.273 e. The molecule has 2 aromatic rings. The number of ether oxygens (including phenoxy) is 1. The van der Waals surface area contributed by atoms with Crippen molar-refractivity contribution >= 4 is 34.9 Å². The summed E-state index contributed by atoms with van der Waals surface area (Å²) in [6.07, 6.45) is 11.4. The Hall–Kier alpha value is -1.88. The number of nitrogens with zero attached hydrogens (tertiary/aromatic N) is 2. The van der Waals surface area contributed by atoms with Gasteiger partial charge in [-0.3, -0.25) is 14.7 Å². The zero-order chi connectivity index (χ0) is 23.5. The Balaban J connectivity index is 1.54. The third-order valence-electron chi connectivity index (χ3n) is 7.50. The number of carbonyl (C=O) groups excluding carboxylic acids is 1. The Morgan fingerprint density at radius 2 is 1.38 bits per heavy atom. The quantitative estimate of drug-likeness (QED) is 0.391. The molecule has 1 amide bonds. The average Bonchev–Trinajstić information content (AvgIpc) is 2.87. The fourth-order valence-electron chi connectivity index (χ4n) is 5.61. The van der Waals surface area contributed by atoms with Gasteiger partial charge in [0.25, 0.3) is 5.91 Å². The number of amides is 1. The predicted octanol–water partition coefficient (Wildman–Crippen LogP) is 7.31. The van der Waals surface area contributed by atoms with E-state index in [-0.39, 0.29) is 18.0 Å². The number of carbonyl (C=O) groups is 1. The van der Waals surface area contributed by atoms with Crippen molar-refractivity contribution in [3.05, 3.63) is 69.7 Å². The van der Waals surface area contributed by atoms with Gasteiger partial charge in [0.1, 0.15) is 0 Å². The van der Waals surface area contributed by atoms with Gasteiger partial charge in [-0.05, 0) is 55.5 Å². The van der Waals surface area contributed by atoms with Crippen LogP contribution in [0, 0.1) is 0 Å². The van der Waals surface area contributed by atoms with Crippen LogP contribution in [0.5, 0.6) is 0 Å². The molecule has 34 heavy (non-hydrogen) atoms. The number of hydrogen-bond acceptors (Lipinski definition) is 3. The van der Waals surface area contributed by atoms with Crippen LogP contribution >= 0.6 is 23.2 Å². The minimum Gasteiger partial charge on any atom is -0.349 e. The van der Waals surface area contributed by atoms with Gasteiger partial charge in [-0.25, -0.2) is 0 Å². The number of rotatable bonds is 6. The van der Waals surface area contributed by atoms with Gasteiger partial charge in [-0.1, -0.05) is 86.0 Å². The molecule has 2 saturated carbocycles. The second kappa shape index (κ2) is 10.4. The monoisotopic (exact) mass is 498 g/mol. The van der Waals surface area contributed by atoms with Gasteiger partial charge in [-0.15, -0.1) is 0 Å². The molecule has 1 aliphatic heterocycles. The first-order valence-electron chi connectivity index (χ1n) is 12.6. The fraction of sp³-hybridized carbons (Fsp3) is 0.500. The summed E-state index contributed by atoms with van der Waals surface area (Å²) in [6, 6.07) is 15.5. The van der Waals surface area contributed by atoms with E-state index in [9.17, 15) is 4.79 Å². The van der Waals surface area contributed by atoms with Crippen molar-refractivity contribution in [1.29, 1.82) is 0 Å². The van der Waals surface area contributed by atoms with Gasteiger partial charge in [-0.2, -0.15) is 0 Å². The topological polar surface area (TPSA) is 41.9 Å². The van der Waals surface area contributed by atoms with Crippen LogP contribution in [0.25, 0.3) is 0 Å². The summed E-state index contributed by atoms with van der Waals surface area (Å²) in [4.78, 5) is 21.3. The van der Waals surface area contributed by atoms with Crippen molar-refractivity contribution in [2.45, 2.75) is 88.5 Å². The number of likely N-dealkylation sites (tertiary alicyclic amines) is 1. The van der Waals surface area contributed by atoms with Gasteiger partial charge in [0.15, 0.2) is 5.84 Å². The summed E-state index contributed by atoms with van der Waals surface area (Å²) < 4.78 is 6.60. The molecular weight excluding hydrogens is 467 g/mol. The van der Waals surface area contributed by atoms with E-state index in [0.29, 0.717) is 16.7 Å². The second-order valence-corrected chi connectivity index (χ2v) is 10.7. The molecule has 5 rings (SSSR count). The molecule has 3 fully saturated rings. The third kappa shape index (κ3) is 4.65. The maximum atomic E-state index is 14.1.